The van der Waals surface area contributed by atoms with Crippen LogP contribution in [-0.2, 0) is 0 Å². The van der Waals surface area contributed by atoms with E-state index >= 15 is 0 Å². The molecule has 0 fully saturated rings. The molecule has 5 heteroatoms. The number of phenols is 1. The van der Waals surface area contributed by atoms with Crippen molar-refractivity contribution in [2.24, 2.45) is 5.10 Å². The van der Waals surface area contributed by atoms with Gasteiger partial charge in [0.25, 0.3) is 0 Å². The summed E-state index contributed by atoms with van der Waals surface area (Å²) in [5, 5.41) is 23.4. The molecule has 0 saturated heterocycles. The summed E-state index contributed by atoms with van der Waals surface area (Å²) < 4.78 is 0. The lowest BCUT2D eigenvalue weighted by molar-refractivity contribution is 0.475. The number of anilines is 1. The standard InChI is InChI=1S/C15H12N4O/c20-13-6-3-4-11(8-13)9-16-18-15-14-7-2-1-5-12(14)10-17-19-15/h1-10,20H,(H,18,19). The molecule has 3 rings (SSSR count). The van der Waals surface area contributed by atoms with E-state index in [9.17, 15) is 5.11 Å². The van der Waals surface area contributed by atoms with Gasteiger partial charge in [0.05, 0.1) is 12.4 Å². The van der Waals surface area contributed by atoms with E-state index in [0.717, 1.165) is 16.3 Å². The quantitative estimate of drug-likeness (QED) is 0.563. The van der Waals surface area contributed by atoms with Gasteiger partial charge in [0.15, 0.2) is 5.82 Å². The highest BCUT2D eigenvalue weighted by Crippen LogP contribution is 2.19. The molecule has 0 amide bonds. The third kappa shape index (κ3) is 2.56. The second kappa shape index (κ2) is 5.36. The summed E-state index contributed by atoms with van der Waals surface area (Å²) in [6.45, 7) is 0. The molecule has 1 aromatic heterocycles. The van der Waals surface area contributed by atoms with Gasteiger partial charge < -0.3 is 5.11 Å². The average Bonchev–Trinajstić information content (AvgIpc) is 2.48. The first kappa shape index (κ1) is 12.1. The topological polar surface area (TPSA) is 70.4 Å². The summed E-state index contributed by atoms with van der Waals surface area (Å²) in [5.41, 5.74) is 3.67. The number of aromatic hydroxyl groups is 1. The van der Waals surface area contributed by atoms with Gasteiger partial charge in [0.1, 0.15) is 5.75 Å². The van der Waals surface area contributed by atoms with E-state index in [2.05, 4.69) is 20.7 Å². The van der Waals surface area contributed by atoms with Crippen LogP contribution in [0.5, 0.6) is 5.75 Å². The zero-order valence-corrected chi connectivity index (χ0v) is 10.6. The van der Waals surface area contributed by atoms with Gasteiger partial charge in [-0.15, -0.1) is 5.10 Å². The van der Waals surface area contributed by atoms with E-state index in [4.69, 9.17) is 0 Å². The smallest absolute Gasteiger partial charge is 0.176 e. The van der Waals surface area contributed by atoms with Gasteiger partial charge in [0, 0.05) is 10.8 Å². The molecule has 2 N–H and O–H groups in total. The second-order valence-corrected chi connectivity index (χ2v) is 4.25. The lowest BCUT2D eigenvalue weighted by Gasteiger charge is -2.02. The summed E-state index contributed by atoms with van der Waals surface area (Å²) in [7, 11) is 0. The molecule has 20 heavy (non-hydrogen) atoms. The summed E-state index contributed by atoms with van der Waals surface area (Å²) in [4.78, 5) is 0. The van der Waals surface area contributed by atoms with Gasteiger partial charge in [-0.1, -0.05) is 36.4 Å². The highest BCUT2D eigenvalue weighted by molar-refractivity contribution is 5.91. The minimum Gasteiger partial charge on any atom is -0.508 e. The zero-order valence-electron chi connectivity index (χ0n) is 10.6. The van der Waals surface area contributed by atoms with Crippen LogP contribution >= 0.6 is 0 Å². The Morgan fingerprint density at radius 2 is 2.00 bits per heavy atom. The average molecular weight is 264 g/mol. The van der Waals surface area contributed by atoms with E-state index < -0.39 is 0 Å². The Hall–Kier alpha value is -2.95. The number of nitrogens with one attached hydrogen (secondary N) is 1. The molecule has 0 radical (unpaired) electrons. The number of aromatic nitrogens is 2. The number of nitrogens with zero attached hydrogens (tertiary/aromatic N) is 3. The lowest BCUT2D eigenvalue weighted by atomic mass is 10.2. The SMILES string of the molecule is Oc1cccc(C=NNc2nncc3ccccc23)c1. The largest absolute Gasteiger partial charge is 0.508 e. The van der Waals surface area contributed by atoms with Gasteiger partial charge >= 0.3 is 0 Å². The molecule has 0 aliphatic carbocycles. The molecule has 0 aliphatic heterocycles. The first-order valence-corrected chi connectivity index (χ1v) is 6.11. The maximum atomic E-state index is 9.37. The Balaban J connectivity index is 1.84. The number of phenolic OH excluding ortho intramolecular Hbond substituents is 1. The van der Waals surface area contributed by atoms with Crippen LogP contribution in [0, 0.1) is 0 Å². The third-order valence-electron chi connectivity index (χ3n) is 2.82. The Kier molecular flexibility index (Phi) is 3.24. The van der Waals surface area contributed by atoms with Gasteiger partial charge in [-0.2, -0.15) is 10.2 Å². The van der Waals surface area contributed by atoms with Crippen molar-refractivity contribution < 1.29 is 5.11 Å². The molecule has 98 valence electrons. The molecule has 2 aromatic carbocycles. The summed E-state index contributed by atoms with van der Waals surface area (Å²) in [6.07, 6.45) is 3.32. The minimum absolute atomic E-state index is 0.207. The maximum absolute atomic E-state index is 9.37. The lowest BCUT2D eigenvalue weighted by Crippen LogP contribution is -1.96. The van der Waals surface area contributed by atoms with Crippen LogP contribution in [0.2, 0.25) is 0 Å². The Morgan fingerprint density at radius 3 is 2.90 bits per heavy atom. The molecule has 0 saturated carbocycles. The first-order valence-electron chi connectivity index (χ1n) is 6.11. The number of hydrazone groups is 1. The predicted octanol–water partition coefficient (Wildman–Crippen LogP) is 2.78. The van der Waals surface area contributed by atoms with Crippen LogP contribution in [0.3, 0.4) is 0 Å². The number of fused-ring (bicyclic) bond motifs is 1. The molecule has 1 heterocycles. The molecule has 0 aliphatic rings. The summed E-state index contributed by atoms with van der Waals surface area (Å²) in [5.74, 6) is 0.804. The van der Waals surface area contributed by atoms with Crippen LogP contribution in [0.15, 0.2) is 59.8 Å². The summed E-state index contributed by atoms with van der Waals surface area (Å²) in [6, 6.07) is 14.7. The zero-order chi connectivity index (χ0) is 13.8. The van der Waals surface area contributed by atoms with Crippen LogP contribution in [0.1, 0.15) is 5.56 Å². The fourth-order valence-corrected chi connectivity index (χ4v) is 1.88. The van der Waals surface area contributed by atoms with Crippen LogP contribution in [-0.4, -0.2) is 21.5 Å². The number of hydrogen-bond acceptors (Lipinski definition) is 5. The van der Waals surface area contributed by atoms with Crippen molar-refractivity contribution >= 4 is 22.8 Å². The van der Waals surface area contributed by atoms with Gasteiger partial charge in [0.2, 0.25) is 0 Å². The normalized spacial score (nSPS) is 11.0. The molecule has 0 spiro atoms. The van der Waals surface area contributed by atoms with Crippen LogP contribution in [0.25, 0.3) is 10.8 Å². The fraction of sp³-hybridized carbons (Fsp3) is 0. The van der Waals surface area contributed by atoms with Crippen molar-refractivity contribution in [1.29, 1.82) is 0 Å². The van der Waals surface area contributed by atoms with E-state index in [1.807, 2.05) is 30.3 Å². The monoisotopic (exact) mass is 264 g/mol. The number of rotatable bonds is 3. The molecular formula is C15H12N4O. The number of hydrogen-bond donors (Lipinski definition) is 2. The van der Waals surface area contributed by atoms with Crippen LogP contribution < -0.4 is 5.43 Å². The van der Waals surface area contributed by atoms with Crippen molar-refractivity contribution in [3.63, 3.8) is 0 Å². The third-order valence-corrected chi connectivity index (χ3v) is 2.82. The molecule has 5 nitrogen and oxygen atoms in total. The second-order valence-electron chi connectivity index (χ2n) is 4.25. The van der Waals surface area contributed by atoms with E-state index in [1.165, 1.54) is 0 Å². The minimum atomic E-state index is 0.207. The first-order chi connectivity index (χ1) is 9.83. The molecule has 0 bridgehead atoms. The van der Waals surface area contributed by atoms with Crippen LogP contribution in [0.4, 0.5) is 5.82 Å². The van der Waals surface area contributed by atoms with Gasteiger partial charge in [-0.3, -0.25) is 5.43 Å². The Bertz CT molecular complexity index is 765. The van der Waals surface area contributed by atoms with Crippen molar-refractivity contribution in [3.8, 4) is 5.75 Å². The Morgan fingerprint density at radius 1 is 1.10 bits per heavy atom. The Labute approximate surface area is 115 Å². The van der Waals surface area contributed by atoms with E-state index in [1.54, 1.807) is 30.6 Å². The highest BCUT2D eigenvalue weighted by atomic mass is 16.3. The van der Waals surface area contributed by atoms with E-state index in [-0.39, 0.29) is 5.75 Å². The fourth-order valence-electron chi connectivity index (χ4n) is 1.88. The molecule has 3 aromatic rings. The van der Waals surface area contributed by atoms with Crippen molar-refractivity contribution in [1.82, 2.24) is 10.2 Å². The van der Waals surface area contributed by atoms with Crippen molar-refractivity contribution in [2.75, 3.05) is 5.43 Å². The van der Waals surface area contributed by atoms with Crippen molar-refractivity contribution in [2.45, 2.75) is 0 Å². The highest BCUT2D eigenvalue weighted by Gasteiger charge is 2.00. The number of benzene rings is 2. The predicted molar refractivity (Wildman–Crippen MR) is 78.9 cm³/mol. The van der Waals surface area contributed by atoms with E-state index in [0.29, 0.717) is 5.82 Å². The molecule has 0 unspecified atom stereocenters. The van der Waals surface area contributed by atoms with Gasteiger partial charge in [-0.05, 0) is 17.7 Å². The summed E-state index contributed by atoms with van der Waals surface area (Å²) >= 11 is 0. The maximum Gasteiger partial charge on any atom is 0.176 e. The molecular weight excluding hydrogens is 252 g/mol. The van der Waals surface area contributed by atoms with Gasteiger partial charge in [-0.25, -0.2) is 0 Å². The van der Waals surface area contributed by atoms with Crippen molar-refractivity contribution in [3.05, 3.63) is 60.3 Å². The molecule has 0 atom stereocenters.